The number of para-hydroxylation sites is 1. The number of carbonyl (C=O) groups excluding carboxylic acids is 1. The standard InChI is InChI=1S/C19H19FN4O/c20-16-3-1-2-4-17(16)23-9-7-14(12-23)11-22-19(25)15-5-6-18-21-8-10-24(18)13-15/h1-6,8,10,13-14H,7,9,11-12H2,(H,22,25). The Labute approximate surface area is 145 Å². The summed E-state index contributed by atoms with van der Waals surface area (Å²) in [7, 11) is 0. The van der Waals surface area contributed by atoms with Crippen LogP contribution in [0, 0.1) is 11.7 Å². The molecule has 1 N–H and O–H groups in total. The second-order valence-electron chi connectivity index (χ2n) is 6.37. The smallest absolute Gasteiger partial charge is 0.252 e. The maximum absolute atomic E-state index is 13.9. The molecule has 1 fully saturated rings. The van der Waals surface area contributed by atoms with E-state index in [0.717, 1.165) is 25.2 Å². The van der Waals surface area contributed by atoms with E-state index in [-0.39, 0.29) is 11.7 Å². The fourth-order valence-electron chi connectivity index (χ4n) is 3.32. The highest BCUT2D eigenvalue weighted by atomic mass is 19.1. The Morgan fingerprint density at radius 2 is 2.16 bits per heavy atom. The maximum Gasteiger partial charge on any atom is 0.252 e. The number of anilines is 1. The Bertz CT molecular complexity index is 907. The molecule has 1 saturated heterocycles. The number of halogens is 1. The molecule has 1 aromatic carbocycles. The first-order valence-electron chi connectivity index (χ1n) is 8.41. The van der Waals surface area contributed by atoms with E-state index in [4.69, 9.17) is 0 Å². The lowest BCUT2D eigenvalue weighted by molar-refractivity contribution is 0.0948. The average Bonchev–Trinajstić information content (AvgIpc) is 3.28. The van der Waals surface area contributed by atoms with Crippen LogP contribution < -0.4 is 10.2 Å². The summed E-state index contributed by atoms with van der Waals surface area (Å²) in [5.41, 5.74) is 2.06. The minimum absolute atomic E-state index is 0.0973. The molecule has 2 aromatic heterocycles. The van der Waals surface area contributed by atoms with Crippen LogP contribution in [0.25, 0.3) is 5.65 Å². The van der Waals surface area contributed by atoms with Gasteiger partial charge in [0.05, 0.1) is 11.3 Å². The van der Waals surface area contributed by atoms with Crippen LogP contribution in [-0.2, 0) is 0 Å². The van der Waals surface area contributed by atoms with Crippen molar-refractivity contribution in [2.24, 2.45) is 5.92 Å². The molecule has 25 heavy (non-hydrogen) atoms. The van der Waals surface area contributed by atoms with Crippen molar-refractivity contribution < 1.29 is 9.18 Å². The summed E-state index contributed by atoms with van der Waals surface area (Å²) in [4.78, 5) is 18.6. The highest BCUT2D eigenvalue weighted by Gasteiger charge is 2.24. The van der Waals surface area contributed by atoms with Crippen LogP contribution in [0.3, 0.4) is 0 Å². The molecule has 3 heterocycles. The van der Waals surface area contributed by atoms with Gasteiger partial charge in [-0.25, -0.2) is 9.37 Å². The van der Waals surface area contributed by atoms with Crippen LogP contribution in [0.15, 0.2) is 55.0 Å². The summed E-state index contributed by atoms with van der Waals surface area (Å²) in [6, 6.07) is 10.4. The zero-order chi connectivity index (χ0) is 17.2. The van der Waals surface area contributed by atoms with E-state index in [1.807, 2.05) is 27.6 Å². The maximum atomic E-state index is 13.9. The SMILES string of the molecule is O=C(NCC1CCN(c2ccccc2F)C1)c1ccc2nccn2c1. The molecule has 1 aliphatic rings. The van der Waals surface area contributed by atoms with Gasteiger partial charge in [0.1, 0.15) is 11.5 Å². The molecule has 0 radical (unpaired) electrons. The summed E-state index contributed by atoms with van der Waals surface area (Å²) in [5, 5.41) is 2.99. The van der Waals surface area contributed by atoms with Crippen LogP contribution in [0.4, 0.5) is 10.1 Å². The first-order valence-corrected chi connectivity index (χ1v) is 8.41. The molecular weight excluding hydrogens is 319 g/mol. The Kier molecular flexibility index (Phi) is 4.09. The first-order chi connectivity index (χ1) is 12.2. The number of amides is 1. The van der Waals surface area contributed by atoms with Crippen molar-refractivity contribution in [1.82, 2.24) is 14.7 Å². The van der Waals surface area contributed by atoms with Crippen LogP contribution in [-0.4, -0.2) is 34.9 Å². The normalized spacial score (nSPS) is 17.2. The largest absolute Gasteiger partial charge is 0.369 e. The summed E-state index contributed by atoms with van der Waals surface area (Å²) < 4.78 is 15.7. The number of benzene rings is 1. The number of hydrogen-bond donors (Lipinski definition) is 1. The fourth-order valence-corrected chi connectivity index (χ4v) is 3.32. The highest BCUT2D eigenvalue weighted by Crippen LogP contribution is 2.25. The molecule has 0 aliphatic carbocycles. The van der Waals surface area contributed by atoms with E-state index in [2.05, 4.69) is 10.3 Å². The zero-order valence-electron chi connectivity index (χ0n) is 13.7. The van der Waals surface area contributed by atoms with Crippen molar-refractivity contribution in [3.63, 3.8) is 0 Å². The van der Waals surface area contributed by atoms with Crippen molar-refractivity contribution in [2.75, 3.05) is 24.5 Å². The monoisotopic (exact) mass is 338 g/mol. The van der Waals surface area contributed by atoms with E-state index in [9.17, 15) is 9.18 Å². The van der Waals surface area contributed by atoms with Crippen LogP contribution >= 0.6 is 0 Å². The molecule has 6 heteroatoms. The van der Waals surface area contributed by atoms with Crippen LogP contribution in [0.2, 0.25) is 0 Å². The Balaban J connectivity index is 1.35. The Morgan fingerprint density at radius 1 is 1.28 bits per heavy atom. The molecule has 1 atom stereocenters. The molecule has 3 aromatic rings. The van der Waals surface area contributed by atoms with E-state index in [1.54, 1.807) is 30.6 Å². The van der Waals surface area contributed by atoms with E-state index in [1.165, 1.54) is 6.07 Å². The summed E-state index contributed by atoms with van der Waals surface area (Å²) in [6.07, 6.45) is 6.23. The molecule has 0 bridgehead atoms. The third kappa shape index (κ3) is 3.20. The van der Waals surface area contributed by atoms with Gasteiger partial charge in [0.15, 0.2) is 0 Å². The number of hydrogen-bond acceptors (Lipinski definition) is 3. The van der Waals surface area contributed by atoms with Crippen molar-refractivity contribution in [3.8, 4) is 0 Å². The van der Waals surface area contributed by atoms with Crippen molar-refractivity contribution in [3.05, 3.63) is 66.4 Å². The molecule has 0 spiro atoms. The van der Waals surface area contributed by atoms with Crippen molar-refractivity contribution >= 4 is 17.2 Å². The number of pyridine rings is 1. The molecule has 128 valence electrons. The van der Waals surface area contributed by atoms with Gasteiger partial charge in [-0.1, -0.05) is 12.1 Å². The van der Waals surface area contributed by atoms with Gasteiger partial charge in [-0.2, -0.15) is 0 Å². The third-order valence-corrected chi connectivity index (χ3v) is 4.68. The van der Waals surface area contributed by atoms with Gasteiger partial charge in [-0.3, -0.25) is 4.79 Å². The lowest BCUT2D eigenvalue weighted by atomic mass is 10.1. The van der Waals surface area contributed by atoms with Gasteiger partial charge in [-0.05, 0) is 36.6 Å². The van der Waals surface area contributed by atoms with E-state index >= 15 is 0 Å². The molecule has 5 nitrogen and oxygen atoms in total. The predicted octanol–water partition coefficient (Wildman–Crippen LogP) is 2.73. The first kappa shape index (κ1) is 15.6. The molecule has 1 amide bonds. The third-order valence-electron chi connectivity index (χ3n) is 4.68. The van der Waals surface area contributed by atoms with Gasteiger partial charge in [0, 0.05) is 38.2 Å². The van der Waals surface area contributed by atoms with Crippen LogP contribution in [0.1, 0.15) is 16.8 Å². The number of fused-ring (bicyclic) bond motifs is 1. The van der Waals surface area contributed by atoms with Gasteiger partial charge in [-0.15, -0.1) is 0 Å². The summed E-state index contributed by atoms with van der Waals surface area (Å²) in [5.74, 6) is 0.0290. The number of aromatic nitrogens is 2. The van der Waals surface area contributed by atoms with Crippen LogP contribution in [0.5, 0.6) is 0 Å². The lowest BCUT2D eigenvalue weighted by Gasteiger charge is -2.19. The highest BCUT2D eigenvalue weighted by molar-refractivity contribution is 5.94. The van der Waals surface area contributed by atoms with E-state index in [0.29, 0.717) is 23.7 Å². The molecule has 4 rings (SSSR count). The molecular formula is C19H19FN4O. The van der Waals surface area contributed by atoms with Gasteiger partial charge < -0.3 is 14.6 Å². The van der Waals surface area contributed by atoms with Crippen molar-refractivity contribution in [1.29, 1.82) is 0 Å². The topological polar surface area (TPSA) is 49.6 Å². The molecule has 0 saturated carbocycles. The Hall–Kier alpha value is -2.89. The molecule has 1 unspecified atom stereocenters. The summed E-state index contributed by atoms with van der Waals surface area (Å²) in [6.45, 7) is 2.15. The number of nitrogens with zero attached hydrogens (tertiary/aromatic N) is 3. The minimum atomic E-state index is -0.194. The zero-order valence-corrected chi connectivity index (χ0v) is 13.7. The second kappa shape index (κ2) is 6.55. The van der Waals surface area contributed by atoms with Gasteiger partial charge in [0.25, 0.3) is 5.91 Å². The predicted molar refractivity (Wildman–Crippen MR) is 94.2 cm³/mol. The quantitative estimate of drug-likeness (QED) is 0.796. The molecule has 1 aliphatic heterocycles. The van der Waals surface area contributed by atoms with Crippen molar-refractivity contribution in [2.45, 2.75) is 6.42 Å². The number of imidazole rings is 1. The number of carbonyl (C=O) groups is 1. The van der Waals surface area contributed by atoms with Gasteiger partial charge in [0.2, 0.25) is 0 Å². The second-order valence-corrected chi connectivity index (χ2v) is 6.37. The number of rotatable bonds is 4. The Morgan fingerprint density at radius 3 is 3.04 bits per heavy atom. The summed E-state index contributed by atoms with van der Waals surface area (Å²) >= 11 is 0. The lowest BCUT2D eigenvalue weighted by Crippen LogP contribution is -2.31. The number of nitrogens with one attached hydrogen (secondary N) is 1. The van der Waals surface area contributed by atoms with Gasteiger partial charge >= 0.3 is 0 Å². The minimum Gasteiger partial charge on any atom is -0.369 e. The fraction of sp³-hybridized carbons (Fsp3) is 0.263. The van der Waals surface area contributed by atoms with E-state index < -0.39 is 0 Å². The average molecular weight is 338 g/mol.